The Morgan fingerprint density at radius 3 is 1.33 bits per heavy atom. The third-order valence-corrected chi connectivity index (χ3v) is 7.13. The number of para-hydroxylation sites is 1. The Balaban J connectivity index is -0.000000254. The molecule has 1 nitrogen and oxygen atoms in total. The van der Waals surface area contributed by atoms with Crippen LogP contribution in [0.25, 0.3) is 5.57 Å². The smallest absolute Gasteiger partial charge is 0.0703 e. The second kappa shape index (κ2) is 38.8. The molecule has 0 aromatic heterocycles. The summed E-state index contributed by atoms with van der Waals surface area (Å²) in [6.07, 6.45) is 17.6. The molecule has 0 atom stereocenters. The summed E-state index contributed by atoms with van der Waals surface area (Å²) in [7, 11) is 0. The number of benzene rings is 2. The van der Waals surface area contributed by atoms with Crippen LogP contribution in [-0.2, 0) is 0 Å². The Kier molecular flexibility index (Phi) is 42.5. The maximum absolute atomic E-state index is 4.64. The van der Waals surface area contributed by atoms with Gasteiger partial charge < -0.3 is 0 Å². The highest BCUT2D eigenvalue weighted by Gasteiger charge is 2.03. The third kappa shape index (κ3) is 37.8. The summed E-state index contributed by atoms with van der Waals surface area (Å²) < 4.78 is 0. The lowest BCUT2D eigenvalue weighted by molar-refractivity contribution is 0.589. The maximum Gasteiger partial charge on any atom is 0.0703 e. The molecule has 0 bridgehead atoms. The van der Waals surface area contributed by atoms with E-state index in [0.717, 1.165) is 22.5 Å². The van der Waals surface area contributed by atoms with Crippen molar-refractivity contribution in [3.8, 4) is 0 Å². The van der Waals surface area contributed by atoms with Crippen LogP contribution < -0.4 is 0 Å². The summed E-state index contributed by atoms with van der Waals surface area (Å²) in [5.74, 6) is 0.489. The van der Waals surface area contributed by atoms with Gasteiger partial charge in [0.25, 0.3) is 0 Å². The van der Waals surface area contributed by atoms with Gasteiger partial charge in [0.1, 0.15) is 0 Å². The molecule has 0 spiro atoms. The van der Waals surface area contributed by atoms with E-state index < -0.39 is 0 Å². The van der Waals surface area contributed by atoms with Gasteiger partial charge >= 0.3 is 0 Å². The zero-order valence-corrected chi connectivity index (χ0v) is 33.7. The summed E-state index contributed by atoms with van der Waals surface area (Å²) in [4.78, 5) is 4.64. The highest BCUT2D eigenvalue weighted by Crippen LogP contribution is 2.25. The van der Waals surface area contributed by atoms with E-state index in [1.54, 1.807) is 0 Å². The molecule has 2 aromatic rings. The monoisotopic (exact) mass is 636 g/mol. The minimum Gasteiger partial charge on any atom is -0.257 e. The number of hydrogen-bond acceptors (Lipinski definition) is 1. The fourth-order valence-corrected chi connectivity index (χ4v) is 3.30. The molecular weight excluding hydrogens is 555 g/mol. The Morgan fingerprint density at radius 2 is 0.978 bits per heavy atom. The van der Waals surface area contributed by atoms with Crippen LogP contribution in [-0.4, -0.2) is 5.71 Å². The van der Waals surface area contributed by atoms with Crippen molar-refractivity contribution in [1.29, 1.82) is 0 Å². The molecule has 0 unspecified atom stereocenters. The average molecular weight is 636 g/mol. The van der Waals surface area contributed by atoms with Crippen molar-refractivity contribution >= 4 is 17.0 Å². The molecule has 0 aliphatic rings. The van der Waals surface area contributed by atoms with Crippen LogP contribution in [0, 0.1) is 19.8 Å². The van der Waals surface area contributed by atoms with Crippen LogP contribution in [0.1, 0.15) is 183 Å². The number of aliphatic imine (C=N–C) groups is 1. The largest absolute Gasteiger partial charge is 0.257 e. The summed E-state index contributed by atoms with van der Waals surface area (Å²) in [5.41, 5.74) is 8.45. The van der Waals surface area contributed by atoms with Crippen LogP contribution >= 0.6 is 0 Å². The maximum atomic E-state index is 4.64. The number of hydrogen-bond donors (Lipinski definition) is 0. The van der Waals surface area contributed by atoms with Crippen LogP contribution in [0.3, 0.4) is 0 Å². The number of unbranched alkanes of at least 4 members (excludes halogenated alkanes) is 8. The highest BCUT2D eigenvalue weighted by molar-refractivity contribution is 5.88. The van der Waals surface area contributed by atoms with Crippen molar-refractivity contribution in [3.63, 3.8) is 0 Å². The SMILES string of the molecule is C=C(C)CCCCCCCCC.C=C(C)c1ccccc1N=C(C)C(C)C.CCC.CCCC.CCCC.Cc1ccccc1C. The molecule has 266 valence electrons. The third-order valence-electron chi connectivity index (χ3n) is 7.13. The van der Waals surface area contributed by atoms with Crippen molar-refractivity contribution in [2.24, 2.45) is 10.9 Å². The normalized spacial score (nSPS) is 9.85. The van der Waals surface area contributed by atoms with Gasteiger partial charge in [0.15, 0.2) is 0 Å². The quantitative estimate of drug-likeness (QED) is 0.118. The van der Waals surface area contributed by atoms with Gasteiger partial charge in [0, 0.05) is 11.3 Å². The predicted molar refractivity (Wildman–Crippen MR) is 219 cm³/mol. The first-order valence-corrected chi connectivity index (χ1v) is 18.8. The first-order valence-electron chi connectivity index (χ1n) is 18.8. The Hall–Kier alpha value is -2.41. The molecule has 0 N–H and O–H groups in total. The lowest BCUT2D eigenvalue weighted by Gasteiger charge is -2.08. The molecule has 1 heteroatoms. The summed E-state index contributed by atoms with van der Waals surface area (Å²) in [6, 6.07) is 16.5. The van der Waals surface area contributed by atoms with Gasteiger partial charge in [0.2, 0.25) is 0 Å². The van der Waals surface area contributed by atoms with E-state index in [1.165, 1.54) is 100 Å². The van der Waals surface area contributed by atoms with Gasteiger partial charge in [-0.3, -0.25) is 4.99 Å². The van der Waals surface area contributed by atoms with Crippen molar-refractivity contribution in [2.75, 3.05) is 0 Å². The molecule has 2 aromatic carbocycles. The Labute approximate surface area is 291 Å². The second-order valence-electron chi connectivity index (χ2n) is 12.8. The molecule has 0 radical (unpaired) electrons. The highest BCUT2D eigenvalue weighted by atomic mass is 14.7. The van der Waals surface area contributed by atoms with E-state index in [0.29, 0.717) is 5.92 Å². The minimum absolute atomic E-state index is 0.489. The van der Waals surface area contributed by atoms with Gasteiger partial charge in [-0.15, -0.1) is 6.58 Å². The topological polar surface area (TPSA) is 12.4 Å². The predicted octanol–water partition coefficient (Wildman–Crippen LogP) is 16.5. The molecule has 0 aliphatic carbocycles. The number of rotatable bonds is 13. The number of aryl methyl sites for hydroxylation is 2. The van der Waals surface area contributed by atoms with Crippen molar-refractivity contribution < 1.29 is 0 Å². The van der Waals surface area contributed by atoms with Crippen LogP contribution in [0.2, 0.25) is 0 Å². The van der Waals surface area contributed by atoms with Gasteiger partial charge in [-0.1, -0.05) is 188 Å². The molecule has 0 aliphatic heterocycles. The van der Waals surface area contributed by atoms with Crippen LogP contribution in [0.15, 0.2) is 72.3 Å². The Morgan fingerprint density at radius 1 is 0.587 bits per heavy atom. The zero-order valence-electron chi connectivity index (χ0n) is 33.7. The summed E-state index contributed by atoms with van der Waals surface area (Å²) in [5, 5.41) is 0. The first-order chi connectivity index (χ1) is 21.8. The standard InChI is InChI=1S/C14H19N.C12H24.C8H10.2C4H10.C3H8/c1-10(2)12(5)15-14-9-7-6-8-13(14)11(3)4;1-4-5-6-7-8-9-10-11-12(2)3;1-7-5-3-4-6-8(7)2;2*1-3-4-2;1-3-2/h6-10H,3H2,1-2,4-5H3;2,4-11H2,1,3H3;3-6H,1-2H3;2*3-4H2,1-2H3;3H2,1-2H3. The molecule has 0 heterocycles. The van der Waals surface area contributed by atoms with Gasteiger partial charge in [0.05, 0.1) is 5.69 Å². The molecule has 2 rings (SSSR count). The van der Waals surface area contributed by atoms with E-state index in [-0.39, 0.29) is 0 Å². The van der Waals surface area contributed by atoms with Gasteiger partial charge in [-0.25, -0.2) is 0 Å². The van der Waals surface area contributed by atoms with Crippen molar-refractivity contribution in [2.45, 2.75) is 180 Å². The fourth-order valence-electron chi connectivity index (χ4n) is 3.30. The first kappa shape index (κ1) is 50.4. The number of nitrogens with zero attached hydrogens (tertiary/aromatic N) is 1. The molecule has 0 fully saturated rings. The van der Waals surface area contributed by atoms with Crippen LogP contribution in [0.5, 0.6) is 0 Å². The average Bonchev–Trinajstić information content (AvgIpc) is 3.03. The van der Waals surface area contributed by atoms with Crippen molar-refractivity contribution in [3.05, 3.63) is 84.0 Å². The van der Waals surface area contributed by atoms with E-state index in [4.69, 9.17) is 0 Å². The lowest BCUT2D eigenvalue weighted by Crippen LogP contribution is -2.00. The Bertz CT molecular complexity index is 933. The fraction of sp³-hybridized carbons (Fsp3) is 0.622. The van der Waals surface area contributed by atoms with E-state index in [9.17, 15) is 0 Å². The summed E-state index contributed by atoms with van der Waals surface area (Å²) in [6.45, 7) is 37.9. The van der Waals surface area contributed by atoms with Gasteiger partial charge in [-0.05, 0) is 76.1 Å². The van der Waals surface area contributed by atoms with E-state index in [2.05, 4.69) is 138 Å². The molecular formula is C45H81N. The second-order valence-corrected chi connectivity index (χ2v) is 12.8. The number of allylic oxidation sites excluding steroid dienone is 2. The zero-order chi connectivity index (χ0) is 36.2. The van der Waals surface area contributed by atoms with E-state index in [1.807, 2.05) is 25.1 Å². The van der Waals surface area contributed by atoms with E-state index >= 15 is 0 Å². The lowest BCUT2D eigenvalue weighted by atomic mass is 10.1. The van der Waals surface area contributed by atoms with Crippen molar-refractivity contribution in [1.82, 2.24) is 0 Å². The van der Waals surface area contributed by atoms with Gasteiger partial charge in [-0.2, -0.15) is 0 Å². The minimum atomic E-state index is 0.489. The molecule has 0 saturated carbocycles. The molecule has 0 amide bonds. The molecule has 46 heavy (non-hydrogen) atoms. The molecule has 0 saturated heterocycles. The summed E-state index contributed by atoms with van der Waals surface area (Å²) >= 11 is 0. The van der Waals surface area contributed by atoms with Crippen LogP contribution in [0.4, 0.5) is 5.69 Å².